The minimum absolute atomic E-state index is 0.0377. The molecule has 1 atom stereocenters. The highest BCUT2D eigenvalue weighted by Crippen LogP contribution is 2.26. The molecule has 130 valence electrons. The van der Waals surface area contributed by atoms with Gasteiger partial charge in [0.1, 0.15) is 11.6 Å². The van der Waals surface area contributed by atoms with Gasteiger partial charge in [-0.1, -0.05) is 12.1 Å². The van der Waals surface area contributed by atoms with Gasteiger partial charge in [0.2, 0.25) is 5.91 Å². The van der Waals surface area contributed by atoms with Crippen LogP contribution in [-0.2, 0) is 11.2 Å². The Morgan fingerprint density at radius 1 is 1.28 bits per heavy atom. The molecule has 25 heavy (non-hydrogen) atoms. The first-order valence-corrected chi connectivity index (χ1v) is 8.84. The molecule has 0 bridgehead atoms. The molecule has 3 aromatic rings. The largest absolute Gasteiger partial charge is 0.459 e. The maximum absolute atomic E-state index is 13.0. The number of hydrogen-bond donors (Lipinski definition) is 0. The standard InChI is InChI=1S/C19H19FN2O2S/c1-12-4-9-17(24-12)19-21-16(11-25-19)10-18(23)22(3)13(2)14-5-7-15(20)8-6-14/h4-9,11,13H,10H2,1-3H3. The van der Waals surface area contributed by atoms with Gasteiger partial charge in [0, 0.05) is 12.4 Å². The maximum Gasteiger partial charge on any atom is 0.228 e. The second-order valence-corrected chi connectivity index (χ2v) is 6.82. The quantitative estimate of drug-likeness (QED) is 0.669. The Hall–Kier alpha value is -2.47. The van der Waals surface area contributed by atoms with E-state index in [1.165, 1.54) is 23.5 Å². The molecule has 4 nitrogen and oxygen atoms in total. The van der Waals surface area contributed by atoms with Crippen molar-refractivity contribution in [2.45, 2.75) is 26.3 Å². The van der Waals surface area contributed by atoms with Gasteiger partial charge < -0.3 is 9.32 Å². The topological polar surface area (TPSA) is 46.3 Å². The van der Waals surface area contributed by atoms with Gasteiger partial charge in [-0.15, -0.1) is 11.3 Å². The lowest BCUT2D eigenvalue weighted by Gasteiger charge is -2.25. The predicted octanol–water partition coefficient (Wildman–Crippen LogP) is 4.61. The van der Waals surface area contributed by atoms with Crippen molar-refractivity contribution in [2.24, 2.45) is 0 Å². The number of carbonyl (C=O) groups excluding carboxylic acids is 1. The molecule has 0 aliphatic rings. The number of thiazole rings is 1. The number of hydrogen-bond acceptors (Lipinski definition) is 4. The van der Waals surface area contributed by atoms with E-state index >= 15 is 0 Å². The first-order chi connectivity index (χ1) is 11.9. The van der Waals surface area contributed by atoms with Crippen LogP contribution in [0.2, 0.25) is 0 Å². The fourth-order valence-corrected chi connectivity index (χ4v) is 3.29. The Balaban J connectivity index is 1.67. The molecule has 2 heterocycles. The van der Waals surface area contributed by atoms with Crippen molar-refractivity contribution in [1.29, 1.82) is 0 Å². The SMILES string of the molecule is Cc1ccc(-c2nc(CC(=O)N(C)C(C)c3ccc(F)cc3)cs2)o1. The molecular formula is C19H19FN2O2S. The molecule has 0 fully saturated rings. The molecule has 1 unspecified atom stereocenters. The number of halogens is 1. The van der Waals surface area contributed by atoms with Gasteiger partial charge in [0.15, 0.2) is 10.8 Å². The lowest BCUT2D eigenvalue weighted by atomic mass is 10.1. The molecule has 0 spiro atoms. The summed E-state index contributed by atoms with van der Waals surface area (Å²) in [7, 11) is 1.75. The molecule has 0 saturated heterocycles. The van der Waals surface area contributed by atoms with Crippen LogP contribution < -0.4 is 0 Å². The predicted molar refractivity (Wildman–Crippen MR) is 95.8 cm³/mol. The molecule has 2 aromatic heterocycles. The highest BCUT2D eigenvalue weighted by atomic mass is 32.1. The van der Waals surface area contributed by atoms with Crippen LogP contribution in [0.4, 0.5) is 4.39 Å². The Bertz CT molecular complexity index is 870. The average Bonchev–Trinajstić information content (AvgIpc) is 3.23. The summed E-state index contributed by atoms with van der Waals surface area (Å²) in [4.78, 5) is 18.7. The van der Waals surface area contributed by atoms with Crippen LogP contribution in [-0.4, -0.2) is 22.8 Å². The van der Waals surface area contributed by atoms with E-state index in [1.807, 2.05) is 31.4 Å². The molecule has 0 aliphatic carbocycles. The third-order valence-corrected chi connectivity index (χ3v) is 5.07. The number of aryl methyl sites for hydroxylation is 1. The summed E-state index contributed by atoms with van der Waals surface area (Å²) in [5, 5.41) is 2.65. The first-order valence-electron chi connectivity index (χ1n) is 7.96. The van der Waals surface area contributed by atoms with Crippen LogP contribution in [0.1, 0.15) is 30.0 Å². The fraction of sp³-hybridized carbons (Fsp3) is 0.263. The van der Waals surface area contributed by atoms with Crippen molar-refractivity contribution in [3.8, 4) is 10.8 Å². The van der Waals surface area contributed by atoms with E-state index in [2.05, 4.69) is 4.98 Å². The number of carbonyl (C=O) groups is 1. The number of nitrogens with zero attached hydrogens (tertiary/aromatic N) is 2. The Morgan fingerprint density at radius 2 is 2.00 bits per heavy atom. The lowest BCUT2D eigenvalue weighted by molar-refractivity contribution is -0.131. The molecule has 3 rings (SSSR count). The van der Waals surface area contributed by atoms with E-state index in [0.717, 1.165) is 22.0 Å². The van der Waals surface area contributed by atoms with Crippen molar-refractivity contribution < 1.29 is 13.6 Å². The van der Waals surface area contributed by atoms with Crippen molar-refractivity contribution in [1.82, 2.24) is 9.88 Å². The van der Waals surface area contributed by atoms with Crippen LogP contribution in [0.3, 0.4) is 0 Å². The van der Waals surface area contributed by atoms with Gasteiger partial charge >= 0.3 is 0 Å². The van der Waals surface area contributed by atoms with Crippen LogP contribution >= 0.6 is 11.3 Å². The number of aromatic nitrogens is 1. The highest BCUT2D eigenvalue weighted by Gasteiger charge is 2.19. The van der Waals surface area contributed by atoms with E-state index < -0.39 is 0 Å². The minimum Gasteiger partial charge on any atom is -0.459 e. The minimum atomic E-state index is -0.284. The van der Waals surface area contributed by atoms with Gasteiger partial charge in [-0.2, -0.15) is 0 Å². The average molecular weight is 358 g/mol. The molecule has 1 amide bonds. The third kappa shape index (κ3) is 3.96. The van der Waals surface area contributed by atoms with Gasteiger partial charge in [-0.3, -0.25) is 4.79 Å². The van der Waals surface area contributed by atoms with E-state index in [9.17, 15) is 9.18 Å². The number of benzene rings is 1. The maximum atomic E-state index is 13.0. The monoisotopic (exact) mass is 358 g/mol. The van der Waals surface area contributed by atoms with Gasteiger partial charge in [0.25, 0.3) is 0 Å². The fourth-order valence-electron chi connectivity index (χ4n) is 2.51. The van der Waals surface area contributed by atoms with E-state index in [1.54, 1.807) is 24.1 Å². The van der Waals surface area contributed by atoms with Gasteiger partial charge in [-0.25, -0.2) is 9.37 Å². The number of likely N-dealkylation sites (N-methyl/N-ethyl adjacent to an activating group) is 1. The summed E-state index contributed by atoms with van der Waals surface area (Å²) in [6, 6.07) is 9.83. The normalized spacial score (nSPS) is 12.2. The molecule has 0 radical (unpaired) electrons. The van der Waals surface area contributed by atoms with Crippen molar-refractivity contribution >= 4 is 17.2 Å². The van der Waals surface area contributed by atoms with Crippen LogP contribution in [0.5, 0.6) is 0 Å². The molecule has 0 aliphatic heterocycles. The second-order valence-electron chi connectivity index (χ2n) is 5.96. The zero-order chi connectivity index (χ0) is 18.0. The third-order valence-electron chi connectivity index (χ3n) is 4.16. The Morgan fingerprint density at radius 3 is 2.64 bits per heavy atom. The molecule has 0 N–H and O–H groups in total. The van der Waals surface area contributed by atoms with Crippen molar-refractivity contribution in [2.75, 3.05) is 7.05 Å². The second kappa shape index (κ2) is 7.19. The summed E-state index contributed by atoms with van der Waals surface area (Å²) in [6.45, 7) is 3.80. The van der Waals surface area contributed by atoms with Crippen molar-refractivity contribution in [3.05, 3.63) is 64.6 Å². The van der Waals surface area contributed by atoms with Gasteiger partial charge in [0.05, 0.1) is 18.2 Å². The summed E-state index contributed by atoms with van der Waals surface area (Å²) >= 11 is 1.46. The van der Waals surface area contributed by atoms with E-state index in [0.29, 0.717) is 5.76 Å². The van der Waals surface area contributed by atoms with Crippen LogP contribution in [0.15, 0.2) is 46.2 Å². The summed E-state index contributed by atoms with van der Waals surface area (Å²) in [6.07, 6.45) is 0.220. The molecule has 0 saturated carbocycles. The van der Waals surface area contributed by atoms with E-state index in [4.69, 9.17) is 4.42 Å². The summed E-state index contributed by atoms with van der Waals surface area (Å²) in [5.41, 5.74) is 1.61. The Labute approximate surface area is 149 Å². The van der Waals surface area contributed by atoms with E-state index in [-0.39, 0.29) is 24.2 Å². The number of rotatable bonds is 5. The number of amides is 1. The zero-order valence-electron chi connectivity index (χ0n) is 14.3. The molecular weight excluding hydrogens is 339 g/mol. The first kappa shape index (κ1) is 17.4. The summed E-state index contributed by atoms with van der Waals surface area (Å²) < 4.78 is 18.6. The molecule has 1 aromatic carbocycles. The van der Waals surface area contributed by atoms with Crippen LogP contribution in [0.25, 0.3) is 10.8 Å². The smallest absolute Gasteiger partial charge is 0.228 e. The number of furan rings is 1. The zero-order valence-corrected chi connectivity index (χ0v) is 15.1. The van der Waals surface area contributed by atoms with Gasteiger partial charge in [-0.05, 0) is 43.7 Å². The summed E-state index contributed by atoms with van der Waals surface area (Å²) in [5.74, 6) is 1.22. The highest BCUT2D eigenvalue weighted by molar-refractivity contribution is 7.13. The van der Waals surface area contributed by atoms with Crippen molar-refractivity contribution in [3.63, 3.8) is 0 Å². The van der Waals surface area contributed by atoms with Crippen LogP contribution in [0, 0.1) is 12.7 Å². The lowest BCUT2D eigenvalue weighted by Crippen LogP contribution is -2.31. The molecule has 6 heteroatoms. The Kier molecular flexibility index (Phi) is 4.99.